The van der Waals surface area contributed by atoms with Gasteiger partial charge in [-0.3, -0.25) is 4.90 Å². The summed E-state index contributed by atoms with van der Waals surface area (Å²) in [6, 6.07) is 8.02. The first-order valence-electron chi connectivity index (χ1n) is 9.06. The van der Waals surface area contributed by atoms with Crippen LogP contribution in [0.4, 0.5) is 4.79 Å². The molecule has 0 aromatic heterocycles. The maximum Gasteiger partial charge on any atom is 0.317 e. The number of carbonyl (C=O) groups is 1. The molecule has 2 rings (SSSR count). The fourth-order valence-corrected chi connectivity index (χ4v) is 2.63. The fourth-order valence-electron chi connectivity index (χ4n) is 2.63. The zero-order valence-corrected chi connectivity index (χ0v) is 15.7. The van der Waals surface area contributed by atoms with Gasteiger partial charge in [-0.15, -0.1) is 0 Å². The van der Waals surface area contributed by atoms with Crippen LogP contribution < -0.4 is 10.1 Å². The summed E-state index contributed by atoms with van der Waals surface area (Å²) in [5.41, 5.74) is 1.20. The molecule has 1 aromatic carbocycles. The zero-order valence-electron chi connectivity index (χ0n) is 15.7. The number of nitrogens with one attached hydrogen (secondary N) is 1. The minimum absolute atomic E-state index is 0.0537. The number of benzene rings is 1. The lowest BCUT2D eigenvalue weighted by molar-refractivity contribution is 0.0364. The number of likely N-dealkylation sites (N-methyl/N-ethyl adjacent to an activating group) is 1. The minimum Gasteiger partial charge on any atom is -0.492 e. The van der Waals surface area contributed by atoms with Crippen molar-refractivity contribution in [2.24, 2.45) is 0 Å². The summed E-state index contributed by atoms with van der Waals surface area (Å²) < 4.78 is 11.0. The number of aryl methyl sites for hydroxylation is 1. The van der Waals surface area contributed by atoms with Crippen LogP contribution in [0, 0.1) is 6.92 Å². The normalized spacial score (nSPS) is 16.3. The average Bonchev–Trinajstić information content (AvgIpc) is 2.62. The highest BCUT2D eigenvalue weighted by atomic mass is 16.5. The van der Waals surface area contributed by atoms with Gasteiger partial charge in [-0.25, -0.2) is 4.79 Å². The zero-order chi connectivity index (χ0) is 18.1. The van der Waals surface area contributed by atoms with E-state index in [4.69, 9.17) is 9.47 Å². The van der Waals surface area contributed by atoms with Gasteiger partial charge in [0.2, 0.25) is 0 Å². The second kappa shape index (κ2) is 10.3. The molecule has 0 aliphatic carbocycles. The SMILES string of the molecule is Cc1ccc(OCCN(C)C(=O)N[C@@H](C)CCN2CCOCC2)cc1. The highest BCUT2D eigenvalue weighted by Gasteiger charge is 2.15. The third-order valence-corrected chi connectivity index (χ3v) is 4.42. The van der Waals surface area contributed by atoms with Crippen LogP contribution in [0.3, 0.4) is 0 Å². The van der Waals surface area contributed by atoms with E-state index in [1.165, 1.54) is 5.56 Å². The first kappa shape index (κ1) is 19.5. The second-order valence-electron chi connectivity index (χ2n) is 6.68. The highest BCUT2D eigenvalue weighted by molar-refractivity contribution is 5.74. The number of rotatable bonds is 8. The Bertz CT molecular complexity index is 515. The molecule has 25 heavy (non-hydrogen) atoms. The molecule has 1 saturated heterocycles. The molecular formula is C19H31N3O3. The predicted octanol–water partition coefficient (Wildman–Crippen LogP) is 2.13. The molecule has 6 heteroatoms. The number of hydrogen-bond acceptors (Lipinski definition) is 4. The summed E-state index contributed by atoms with van der Waals surface area (Å²) in [6.07, 6.45) is 0.944. The lowest BCUT2D eigenvalue weighted by atomic mass is 10.2. The van der Waals surface area contributed by atoms with Crippen LogP contribution in [-0.2, 0) is 4.74 Å². The van der Waals surface area contributed by atoms with E-state index in [-0.39, 0.29) is 12.1 Å². The summed E-state index contributed by atoms with van der Waals surface area (Å²) >= 11 is 0. The Morgan fingerprint density at radius 2 is 2.00 bits per heavy atom. The van der Waals surface area contributed by atoms with Crippen molar-refractivity contribution < 1.29 is 14.3 Å². The second-order valence-corrected chi connectivity index (χ2v) is 6.68. The van der Waals surface area contributed by atoms with Gasteiger partial charge in [0, 0.05) is 32.7 Å². The lowest BCUT2D eigenvalue weighted by Crippen LogP contribution is -2.45. The third-order valence-electron chi connectivity index (χ3n) is 4.42. The van der Waals surface area contributed by atoms with Crippen LogP contribution in [-0.4, -0.2) is 74.9 Å². The first-order chi connectivity index (χ1) is 12.0. The van der Waals surface area contributed by atoms with Crippen molar-refractivity contribution in [2.45, 2.75) is 26.3 Å². The third kappa shape index (κ3) is 7.32. The molecule has 6 nitrogen and oxygen atoms in total. The van der Waals surface area contributed by atoms with Crippen molar-refractivity contribution in [1.29, 1.82) is 0 Å². The van der Waals surface area contributed by atoms with Gasteiger partial charge in [0.25, 0.3) is 0 Å². The molecule has 0 radical (unpaired) electrons. The number of urea groups is 1. The van der Waals surface area contributed by atoms with Gasteiger partial charge in [0.15, 0.2) is 0 Å². The topological polar surface area (TPSA) is 54.0 Å². The Morgan fingerprint density at radius 3 is 2.68 bits per heavy atom. The van der Waals surface area contributed by atoms with Crippen LogP contribution in [0.5, 0.6) is 5.75 Å². The maximum atomic E-state index is 12.2. The first-order valence-corrected chi connectivity index (χ1v) is 9.06. The average molecular weight is 349 g/mol. The van der Waals surface area contributed by atoms with Crippen LogP contribution in [0.15, 0.2) is 24.3 Å². The summed E-state index contributed by atoms with van der Waals surface area (Å²) in [5, 5.41) is 3.05. The van der Waals surface area contributed by atoms with Crippen molar-refractivity contribution in [3.63, 3.8) is 0 Å². The maximum absolute atomic E-state index is 12.2. The molecule has 1 aliphatic rings. The summed E-state index contributed by atoms with van der Waals surface area (Å²) in [5.74, 6) is 0.832. The number of morpholine rings is 1. The Balaban J connectivity index is 1.60. The molecule has 2 amide bonds. The van der Waals surface area contributed by atoms with E-state index < -0.39 is 0 Å². The van der Waals surface area contributed by atoms with Gasteiger partial charge in [-0.05, 0) is 32.4 Å². The van der Waals surface area contributed by atoms with E-state index in [0.717, 1.165) is 45.0 Å². The van der Waals surface area contributed by atoms with Crippen molar-refractivity contribution >= 4 is 6.03 Å². The minimum atomic E-state index is -0.0537. The van der Waals surface area contributed by atoms with Crippen LogP contribution in [0.1, 0.15) is 18.9 Å². The largest absolute Gasteiger partial charge is 0.492 e. The van der Waals surface area contributed by atoms with Gasteiger partial charge in [0.1, 0.15) is 12.4 Å². The lowest BCUT2D eigenvalue weighted by Gasteiger charge is -2.28. The molecule has 1 aliphatic heterocycles. The van der Waals surface area contributed by atoms with Crippen LogP contribution in [0.25, 0.3) is 0 Å². The van der Waals surface area contributed by atoms with E-state index in [1.807, 2.05) is 31.2 Å². The van der Waals surface area contributed by atoms with E-state index >= 15 is 0 Å². The van der Waals surface area contributed by atoms with E-state index in [9.17, 15) is 4.79 Å². The van der Waals surface area contributed by atoms with E-state index in [0.29, 0.717) is 13.2 Å². The Kier molecular flexibility index (Phi) is 8.01. The number of ether oxygens (including phenoxy) is 2. The monoisotopic (exact) mass is 349 g/mol. The molecule has 1 N–H and O–H groups in total. The molecule has 0 saturated carbocycles. The van der Waals surface area contributed by atoms with E-state index in [1.54, 1.807) is 11.9 Å². The fraction of sp³-hybridized carbons (Fsp3) is 0.632. The van der Waals surface area contributed by atoms with Gasteiger partial charge in [0.05, 0.1) is 19.8 Å². The number of nitrogens with zero attached hydrogens (tertiary/aromatic N) is 2. The van der Waals surface area contributed by atoms with Crippen LogP contribution >= 0.6 is 0 Å². The number of hydrogen-bond donors (Lipinski definition) is 1. The quantitative estimate of drug-likeness (QED) is 0.781. The van der Waals surface area contributed by atoms with Gasteiger partial charge in [-0.2, -0.15) is 0 Å². The van der Waals surface area contributed by atoms with Crippen LogP contribution in [0.2, 0.25) is 0 Å². The van der Waals surface area contributed by atoms with Crippen molar-refractivity contribution in [3.05, 3.63) is 29.8 Å². The Labute approximate surface area is 151 Å². The Hall–Kier alpha value is -1.79. The van der Waals surface area contributed by atoms with Crippen molar-refractivity contribution in [2.75, 3.05) is 53.0 Å². The summed E-state index contributed by atoms with van der Waals surface area (Å²) in [6.45, 7) is 9.70. The molecule has 0 unspecified atom stereocenters. The molecule has 140 valence electrons. The van der Waals surface area contributed by atoms with Gasteiger partial charge in [-0.1, -0.05) is 17.7 Å². The molecule has 0 spiro atoms. The highest BCUT2D eigenvalue weighted by Crippen LogP contribution is 2.11. The molecule has 0 bridgehead atoms. The van der Waals surface area contributed by atoms with E-state index in [2.05, 4.69) is 17.1 Å². The standard InChI is InChI=1S/C19H31N3O3/c1-16-4-6-18(7-5-16)25-15-10-21(3)19(23)20-17(2)8-9-22-11-13-24-14-12-22/h4-7,17H,8-15H2,1-3H3,(H,20,23)/t17-/m0/s1. The summed E-state index contributed by atoms with van der Waals surface area (Å²) in [4.78, 5) is 16.3. The smallest absolute Gasteiger partial charge is 0.317 e. The summed E-state index contributed by atoms with van der Waals surface area (Å²) in [7, 11) is 1.79. The molecule has 1 heterocycles. The van der Waals surface area contributed by atoms with Gasteiger partial charge < -0.3 is 19.7 Å². The molecule has 1 aromatic rings. The molecule has 1 fully saturated rings. The number of amides is 2. The van der Waals surface area contributed by atoms with Gasteiger partial charge >= 0.3 is 6.03 Å². The predicted molar refractivity (Wildman–Crippen MR) is 99.2 cm³/mol. The Morgan fingerprint density at radius 1 is 1.32 bits per heavy atom. The molecular weight excluding hydrogens is 318 g/mol. The number of carbonyl (C=O) groups excluding carboxylic acids is 1. The molecule has 1 atom stereocenters. The van der Waals surface area contributed by atoms with Crippen molar-refractivity contribution in [3.8, 4) is 5.75 Å². The van der Waals surface area contributed by atoms with Crippen molar-refractivity contribution in [1.82, 2.24) is 15.1 Å².